The van der Waals surface area contributed by atoms with Gasteiger partial charge in [-0.15, -0.1) is 0 Å². The molecule has 2 heterocycles. The van der Waals surface area contributed by atoms with E-state index < -0.39 is 36.1 Å². The van der Waals surface area contributed by atoms with Gasteiger partial charge in [-0.2, -0.15) is 13.2 Å². The van der Waals surface area contributed by atoms with Crippen molar-refractivity contribution in [3.63, 3.8) is 0 Å². The van der Waals surface area contributed by atoms with Gasteiger partial charge < -0.3 is 15.1 Å². The molecule has 0 unspecified atom stereocenters. The zero-order valence-corrected chi connectivity index (χ0v) is 10.7. The molecule has 0 bridgehead atoms. The normalized spacial score (nSPS) is 31.7. The SMILES string of the molecule is O=C(O)c1ccnc(N2CC[C@@H]3[C@H]2C[C@@]3(O)C(F)(F)F)n1. The van der Waals surface area contributed by atoms with Crippen LogP contribution in [-0.2, 0) is 0 Å². The van der Waals surface area contributed by atoms with Gasteiger partial charge in [-0.1, -0.05) is 0 Å². The monoisotopic (exact) mass is 303 g/mol. The second-order valence-corrected chi connectivity index (χ2v) is 5.33. The maximum atomic E-state index is 12.8. The molecule has 2 aliphatic rings. The van der Waals surface area contributed by atoms with Crippen molar-refractivity contribution in [3.8, 4) is 0 Å². The average molecular weight is 303 g/mol. The topological polar surface area (TPSA) is 86.5 Å². The quantitative estimate of drug-likeness (QED) is 0.850. The lowest BCUT2D eigenvalue weighted by atomic mass is 9.65. The highest BCUT2D eigenvalue weighted by atomic mass is 19.4. The van der Waals surface area contributed by atoms with Crippen LogP contribution in [0.4, 0.5) is 19.1 Å². The number of anilines is 1. The molecule has 1 aliphatic carbocycles. The summed E-state index contributed by atoms with van der Waals surface area (Å²) in [7, 11) is 0. The summed E-state index contributed by atoms with van der Waals surface area (Å²) in [5, 5.41) is 18.6. The average Bonchev–Trinajstić information content (AvgIpc) is 2.75. The van der Waals surface area contributed by atoms with Crippen molar-refractivity contribution in [2.75, 3.05) is 11.4 Å². The van der Waals surface area contributed by atoms with Crippen LogP contribution in [-0.4, -0.2) is 50.5 Å². The van der Waals surface area contributed by atoms with Gasteiger partial charge in [0.2, 0.25) is 5.95 Å². The van der Waals surface area contributed by atoms with Crippen LogP contribution in [0.15, 0.2) is 12.3 Å². The molecule has 2 fully saturated rings. The van der Waals surface area contributed by atoms with E-state index in [-0.39, 0.29) is 24.6 Å². The van der Waals surface area contributed by atoms with Crippen molar-refractivity contribution in [2.24, 2.45) is 5.92 Å². The second kappa shape index (κ2) is 4.30. The van der Waals surface area contributed by atoms with Gasteiger partial charge in [0.25, 0.3) is 0 Å². The molecule has 0 spiro atoms. The number of fused-ring (bicyclic) bond motifs is 1. The van der Waals surface area contributed by atoms with Crippen molar-refractivity contribution >= 4 is 11.9 Å². The number of hydrogen-bond donors (Lipinski definition) is 2. The molecule has 1 saturated carbocycles. The van der Waals surface area contributed by atoms with Crippen molar-refractivity contribution in [1.29, 1.82) is 0 Å². The summed E-state index contributed by atoms with van der Waals surface area (Å²) in [6.45, 7) is 0.261. The summed E-state index contributed by atoms with van der Waals surface area (Å²) in [4.78, 5) is 20.2. The Kier molecular flexibility index (Phi) is 2.88. The fourth-order valence-electron chi connectivity index (χ4n) is 3.15. The standard InChI is InChI=1S/C12H12F3N3O3/c13-12(14,15)11(21)5-8-6(11)2-4-18(8)10-16-3-1-7(17-10)9(19)20/h1,3,6,8,21H,2,4-5H2,(H,19,20)/t6-,8-,11+/m1/s1. The van der Waals surface area contributed by atoms with Gasteiger partial charge >= 0.3 is 12.1 Å². The second-order valence-electron chi connectivity index (χ2n) is 5.33. The zero-order chi connectivity index (χ0) is 15.4. The van der Waals surface area contributed by atoms with Crippen LogP contribution >= 0.6 is 0 Å². The molecule has 114 valence electrons. The summed E-state index contributed by atoms with van der Waals surface area (Å²) >= 11 is 0. The number of hydrogen-bond acceptors (Lipinski definition) is 5. The number of nitrogens with zero attached hydrogens (tertiary/aromatic N) is 3. The smallest absolute Gasteiger partial charge is 0.417 e. The van der Waals surface area contributed by atoms with Crippen LogP contribution in [0.1, 0.15) is 23.3 Å². The van der Waals surface area contributed by atoms with Crippen LogP contribution in [0.2, 0.25) is 0 Å². The molecular formula is C12H12F3N3O3. The summed E-state index contributed by atoms with van der Waals surface area (Å²) in [5.41, 5.74) is -2.87. The maximum absolute atomic E-state index is 12.8. The highest BCUT2D eigenvalue weighted by molar-refractivity contribution is 5.85. The van der Waals surface area contributed by atoms with Crippen LogP contribution in [0.3, 0.4) is 0 Å². The molecule has 1 aromatic rings. The Hall–Kier alpha value is -1.90. The van der Waals surface area contributed by atoms with Crippen LogP contribution in [0, 0.1) is 5.92 Å². The minimum Gasteiger partial charge on any atom is -0.477 e. The lowest BCUT2D eigenvalue weighted by molar-refractivity contribution is -0.311. The molecule has 0 amide bonds. The first kappa shape index (κ1) is 14.1. The maximum Gasteiger partial charge on any atom is 0.417 e. The molecule has 0 radical (unpaired) electrons. The van der Waals surface area contributed by atoms with Gasteiger partial charge in [0.05, 0.1) is 0 Å². The van der Waals surface area contributed by atoms with Crippen molar-refractivity contribution in [2.45, 2.75) is 30.7 Å². The van der Waals surface area contributed by atoms with E-state index in [4.69, 9.17) is 5.11 Å². The predicted octanol–water partition coefficient (Wildman–Crippen LogP) is 1.07. The first-order chi connectivity index (χ1) is 9.74. The van der Waals surface area contributed by atoms with E-state index in [1.54, 1.807) is 0 Å². The van der Waals surface area contributed by atoms with Gasteiger partial charge in [0.15, 0.2) is 11.3 Å². The molecule has 2 N–H and O–H groups in total. The van der Waals surface area contributed by atoms with E-state index in [1.165, 1.54) is 17.2 Å². The summed E-state index contributed by atoms with van der Waals surface area (Å²) in [6, 6.07) is 0.701. The molecule has 9 heteroatoms. The first-order valence-corrected chi connectivity index (χ1v) is 6.36. The van der Waals surface area contributed by atoms with Gasteiger partial charge in [-0.25, -0.2) is 14.8 Å². The number of carboxylic acid groups (broad SMARTS) is 1. The molecular weight excluding hydrogens is 291 g/mol. The lowest BCUT2D eigenvalue weighted by Crippen LogP contribution is -2.66. The molecule has 6 nitrogen and oxygen atoms in total. The van der Waals surface area contributed by atoms with E-state index >= 15 is 0 Å². The summed E-state index contributed by atoms with van der Waals surface area (Å²) in [5.74, 6) is -2.06. The number of aromatic nitrogens is 2. The van der Waals surface area contributed by atoms with Gasteiger partial charge in [-0.05, 0) is 12.5 Å². The third-order valence-corrected chi connectivity index (χ3v) is 4.29. The Bertz CT molecular complexity index is 595. The lowest BCUT2D eigenvalue weighted by Gasteiger charge is -2.50. The van der Waals surface area contributed by atoms with Gasteiger partial charge in [0, 0.05) is 31.1 Å². The van der Waals surface area contributed by atoms with Crippen LogP contribution in [0.5, 0.6) is 0 Å². The van der Waals surface area contributed by atoms with Gasteiger partial charge in [0.1, 0.15) is 0 Å². The molecule has 1 aromatic heterocycles. The van der Waals surface area contributed by atoms with E-state index in [9.17, 15) is 23.1 Å². The van der Waals surface area contributed by atoms with E-state index in [0.29, 0.717) is 0 Å². The highest BCUT2D eigenvalue weighted by Crippen LogP contribution is 2.55. The van der Waals surface area contributed by atoms with Crippen molar-refractivity contribution in [1.82, 2.24) is 9.97 Å². The van der Waals surface area contributed by atoms with Crippen LogP contribution < -0.4 is 4.90 Å². The number of aliphatic hydroxyl groups is 1. The minimum atomic E-state index is -4.66. The highest BCUT2D eigenvalue weighted by Gasteiger charge is 2.70. The number of carbonyl (C=O) groups is 1. The number of rotatable bonds is 2. The largest absolute Gasteiger partial charge is 0.477 e. The third kappa shape index (κ3) is 1.95. The fraction of sp³-hybridized carbons (Fsp3) is 0.583. The predicted molar refractivity (Wildman–Crippen MR) is 63.9 cm³/mol. The fourth-order valence-corrected chi connectivity index (χ4v) is 3.15. The molecule has 21 heavy (non-hydrogen) atoms. The number of aromatic carboxylic acids is 1. The Morgan fingerprint density at radius 2 is 2.19 bits per heavy atom. The van der Waals surface area contributed by atoms with Gasteiger partial charge in [-0.3, -0.25) is 0 Å². The first-order valence-electron chi connectivity index (χ1n) is 6.36. The number of alkyl halides is 3. The summed E-state index contributed by atoms with van der Waals surface area (Å²) < 4.78 is 38.5. The Balaban J connectivity index is 1.83. The molecule has 3 atom stereocenters. The van der Waals surface area contributed by atoms with E-state index in [0.717, 1.165) is 0 Å². The van der Waals surface area contributed by atoms with E-state index in [2.05, 4.69) is 9.97 Å². The Morgan fingerprint density at radius 3 is 2.81 bits per heavy atom. The molecule has 1 saturated heterocycles. The number of carboxylic acids is 1. The molecule has 3 rings (SSSR count). The summed E-state index contributed by atoms with van der Waals surface area (Å²) in [6.07, 6.45) is -3.68. The number of halogens is 3. The van der Waals surface area contributed by atoms with E-state index in [1.807, 2.05) is 0 Å². The third-order valence-electron chi connectivity index (χ3n) is 4.29. The van der Waals surface area contributed by atoms with Crippen molar-refractivity contribution in [3.05, 3.63) is 18.0 Å². The Morgan fingerprint density at radius 1 is 1.48 bits per heavy atom. The minimum absolute atomic E-state index is 0.0895. The molecule has 0 aromatic carbocycles. The van der Waals surface area contributed by atoms with Crippen molar-refractivity contribution < 1.29 is 28.2 Å². The Labute approximate surface area is 117 Å². The zero-order valence-electron chi connectivity index (χ0n) is 10.7. The molecule has 1 aliphatic heterocycles. The van der Waals surface area contributed by atoms with Crippen LogP contribution in [0.25, 0.3) is 0 Å².